The molecule has 2 aromatic rings. The van der Waals surface area contributed by atoms with Crippen molar-refractivity contribution in [3.63, 3.8) is 0 Å². The smallest absolute Gasteiger partial charge is 0.432 e. The van der Waals surface area contributed by atoms with Crippen LogP contribution in [-0.4, -0.2) is 24.0 Å². The molecule has 0 spiro atoms. The molecule has 0 aliphatic heterocycles. The predicted octanol–water partition coefficient (Wildman–Crippen LogP) is 6.63. The molecule has 5 nitrogen and oxygen atoms in total. The van der Waals surface area contributed by atoms with E-state index in [4.69, 9.17) is 10.1 Å². The Bertz CT molecular complexity index is 891. The highest BCUT2D eigenvalue weighted by Crippen LogP contribution is 2.34. The number of nitroso groups, excluding NO2 is 1. The molecule has 0 saturated carbocycles. The van der Waals surface area contributed by atoms with Gasteiger partial charge in [-0.3, -0.25) is 5.41 Å². The summed E-state index contributed by atoms with van der Waals surface area (Å²) in [5.74, 6) is 0.149. The summed E-state index contributed by atoms with van der Waals surface area (Å²) in [6.45, 7) is 2.14. The van der Waals surface area contributed by atoms with E-state index in [1.807, 2.05) is 11.4 Å². The van der Waals surface area contributed by atoms with Crippen LogP contribution in [0.2, 0.25) is 0 Å². The molecular formula is C20H22F3N3O2S. The van der Waals surface area contributed by atoms with E-state index in [2.05, 4.69) is 17.1 Å². The molecule has 0 aromatic carbocycles. The van der Waals surface area contributed by atoms with Gasteiger partial charge in [-0.1, -0.05) is 26.2 Å². The minimum atomic E-state index is -4.88. The third kappa shape index (κ3) is 6.22. The Morgan fingerprint density at radius 3 is 2.69 bits per heavy atom. The van der Waals surface area contributed by atoms with Gasteiger partial charge in [-0.2, -0.15) is 13.2 Å². The van der Waals surface area contributed by atoms with Gasteiger partial charge in [0.05, 0.1) is 12.8 Å². The summed E-state index contributed by atoms with van der Waals surface area (Å²) < 4.78 is 43.2. The van der Waals surface area contributed by atoms with E-state index < -0.39 is 17.6 Å². The topological polar surface area (TPSA) is 75.4 Å². The van der Waals surface area contributed by atoms with Crippen molar-refractivity contribution in [2.24, 2.45) is 5.18 Å². The third-order valence-electron chi connectivity index (χ3n) is 4.27. The molecule has 9 heteroatoms. The number of aryl methyl sites for hydroxylation is 1. The van der Waals surface area contributed by atoms with E-state index in [0.29, 0.717) is 11.6 Å². The van der Waals surface area contributed by atoms with Crippen LogP contribution in [0.5, 0.6) is 5.88 Å². The van der Waals surface area contributed by atoms with Crippen LogP contribution >= 0.6 is 11.3 Å². The fraction of sp³-hybridized carbons (Fsp3) is 0.400. The Balaban J connectivity index is 2.42. The largest absolute Gasteiger partial charge is 0.481 e. The van der Waals surface area contributed by atoms with Gasteiger partial charge in [0, 0.05) is 10.9 Å². The molecule has 0 unspecified atom stereocenters. The van der Waals surface area contributed by atoms with Gasteiger partial charge in [-0.15, -0.1) is 16.2 Å². The van der Waals surface area contributed by atoms with Gasteiger partial charge in [0.2, 0.25) is 5.88 Å². The lowest BCUT2D eigenvalue weighted by Crippen LogP contribution is -2.19. The summed E-state index contributed by atoms with van der Waals surface area (Å²) in [7, 11) is 1.38. The number of hydrogen-bond donors (Lipinski definition) is 1. The molecule has 0 fully saturated rings. The van der Waals surface area contributed by atoms with Crippen molar-refractivity contribution < 1.29 is 17.9 Å². The van der Waals surface area contributed by atoms with Gasteiger partial charge in [-0.25, -0.2) is 4.98 Å². The molecule has 2 heterocycles. The third-order valence-corrected chi connectivity index (χ3v) is 5.27. The molecule has 1 N–H and O–H groups in total. The second kappa shape index (κ2) is 10.3. The molecular weight excluding hydrogens is 403 g/mol. The van der Waals surface area contributed by atoms with E-state index in [1.165, 1.54) is 24.5 Å². The van der Waals surface area contributed by atoms with Crippen molar-refractivity contribution in [2.45, 2.75) is 45.2 Å². The minimum Gasteiger partial charge on any atom is -0.481 e. The molecule has 2 rings (SSSR count). The summed E-state index contributed by atoms with van der Waals surface area (Å²) >= 11 is 1.50. The van der Waals surface area contributed by atoms with Crippen LogP contribution in [0.4, 0.5) is 13.2 Å². The highest BCUT2D eigenvalue weighted by Gasteiger charge is 2.33. The number of allylic oxidation sites excluding steroid dienone is 1. The summed E-state index contributed by atoms with van der Waals surface area (Å²) in [4.78, 5) is 16.2. The van der Waals surface area contributed by atoms with Gasteiger partial charge in [0.25, 0.3) is 0 Å². The molecule has 156 valence electrons. The first-order valence-electron chi connectivity index (χ1n) is 9.14. The number of methoxy groups -OCH3 is 1. The first kappa shape index (κ1) is 22.7. The highest BCUT2D eigenvalue weighted by molar-refractivity contribution is 7.13. The van der Waals surface area contributed by atoms with Gasteiger partial charge in [0.15, 0.2) is 0 Å². The fourth-order valence-electron chi connectivity index (χ4n) is 2.77. The van der Waals surface area contributed by atoms with Crippen molar-refractivity contribution in [3.8, 4) is 16.3 Å². The van der Waals surface area contributed by atoms with Crippen molar-refractivity contribution in [1.82, 2.24) is 4.98 Å². The molecule has 0 saturated heterocycles. The molecule has 0 atom stereocenters. The van der Waals surface area contributed by atoms with Crippen LogP contribution in [0.15, 0.2) is 34.8 Å². The number of alkyl halides is 3. The fourth-order valence-corrected chi connectivity index (χ4v) is 3.71. The first-order valence-corrected chi connectivity index (χ1v) is 10.0. The number of pyridine rings is 1. The zero-order chi connectivity index (χ0) is 21.4. The van der Waals surface area contributed by atoms with Crippen LogP contribution in [0.1, 0.15) is 43.9 Å². The second-order valence-corrected chi connectivity index (χ2v) is 7.32. The number of thiophene rings is 1. The summed E-state index contributed by atoms with van der Waals surface area (Å²) in [5, 5.41) is 11.7. The Morgan fingerprint density at radius 2 is 2.07 bits per heavy atom. The van der Waals surface area contributed by atoms with Crippen LogP contribution in [-0.2, 0) is 6.42 Å². The Labute approximate surface area is 171 Å². The normalized spacial score (nSPS) is 12.1. The Hall–Kier alpha value is -2.55. The van der Waals surface area contributed by atoms with Crippen LogP contribution in [0, 0.1) is 10.3 Å². The molecule has 2 aromatic heterocycles. The maximum Gasteiger partial charge on any atom is 0.432 e. The predicted molar refractivity (Wildman–Crippen MR) is 110 cm³/mol. The van der Waals surface area contributed by atoms with Crippen molar-refractivity contribution in [1.29, 1.82) is 5.41 Å². The second-order valence-electron chi connectivity index (χ2n) is 6.40. The highest BCUT2D eigenvalue weighted by atomic mass is 32.1. The van der Waals surface area contributed by atoms with E-state index in [9.17, 15) is 18.1 Å². The van der Waals surface area contributed by atoms with Gasteiger partial charge >= 0.3 is 6.18 Å². The Kier molecular flexibility index (Phi) is 8.07. The molecule has 0 aliphatic carbocycles. The molecule has 0 bridgehead atoms. The van der Waals surface area contributed by atoms with E-state index >= 15 is 0 Å². The number of nitrogens with one attached hydrogen (secondary N) is 1. The number of unbranched alkanes of at least 4 members (excludes halogenated alkanes) is 3. The Morgan fingerprint density at radius 1 is 1.31 bits per heavy atom. The van der Waals surface area contributed by atoms with Crippen molar-refractivity contribution in [3.05, 3.63) is 45.8 Å². The zero-order valence-corrected chi connectivity index (χ0v) is 17.0. The molecule has 0 aliphatic rings. The van der Waals surface area contributed by atoms with Crippen LogP contribution < -0.4 is 4.74 Å². The monoisotopic (exact) mass is 425 g/mol. The lowest BCUT2D eigenvalue weighted by atomic mass is 10.0. The van der Waals surface area contributed by atoms with Crippen LogP contribution in [0.25, 0.3) is 16.1 Å². The van der Waals surface area contributed by atoms with Gasteiger partial charge in [-0.05, 0) is 52.7 Å². The standard InChI is InChI=1S/C20H22F3N3O2S/c1-3-4-5-6-7-13-8-9-29-19(13)14-10-15(25-18(11-14)28-2)16(26-27)12-17(24)20(21,22)23/h8-12,24H,3-7H2,1-2H3/b16-12-,24-17?. The lowest BCUT2D eigenvalue weighted by molar-refractivity contribution is -0.0583. The summed E-state index contributed by atoms with van der Waals surface area (Å²) in [6.07, 6.45) is 0.843. The number of aromatic nitrogens is 1. The number of hydrogen-bond acceptors (Lipinski definition) is 6. The van der Waals surface area contributed by atoms with E-state index in [1.54, 1.807) is 6.07 Å². The van der Waals surface area contributed by atoms with Crippen LogP contribution in [0.3, 0.4) is 0 Å². The van der Waals surface area contributed by atoms with Crippen molar-refractivity contribution in [2.75, 3.05) is 7.11 Å². The maximum absolute atomic E-state index is 12.7. The zero-order valence-electron chi connectivity index (χ0n) is 16.2. The average Bonchev–Trinajstić information content (AvgIpc) is 3.16. The summed E-state index contributed by atoms with van der Waals surface area (Å²) in [5.41, 5.74) is -0.522. The van der Waals surface area contributed by atoms with Gasteiger partial charge < -0.3 is 4.74 Å². The quantitative estimate of drug-likeness (QED) is 0.264. The average molecular weight is 425 g/mol. The first-order chi connectivity index (χ1) is 13.8. The number of nitrogens with zero attached hydrogens (tertiary/aromatic N) is 2. The molecule has 29 heavy (non-hydrogen) atoms. The number of ether oxygens (including phenoxy) is 1. The number of rotatable bonds is 10. The molecule has 0 amide bonds. The summed E-state index contributed by atoms with van der Waals surface area (Å²) in [6, 6.07) is 5.19. The molecule has 0 radical (unpaired) electrons. The SMILES string of the molecule is CCCCCCc1ccsc1-c1cc(OC)nc(/C(=C/C(=N)C(F)(F)F)N=O)c1. The maximum atomic E-state index is 12.7. The minimum absolute atomic E-state index is 0.0753. The van der Waals surface area contributed by atoms with Crippen molar-refractivity contribution >= 4 is 22.7 Å². The van der Waals surface area contributed by atoms with E-state index in [-0.39, 0.29) is 11.6 Å². The lowest BCUT2D eigenvalue weighted by Gasteiger charge is -2.10. The number of halogens is 3. The van der Waals surface area contributed by atoms with E-state index in [0.717, 1.165) is 42.5 Å². The van der Waals surface area contributed by atoms with Gasteiger partial charge in [0.1, 0.15) is 11.4 Å².